The first kappa shape index (κ1) is 23.1. The summed E-state index contributed by atoms with van der Waals surface area (Å²) in [7, 11) is 0. The molecule has 2 aromatic rings. The molecule has 0 fully saturated rings. The fourth-order valence-electron chi connectivity index (χ4n) is 2.81. The molecule has 5 heteroatoms. The van der Waals surface area contributed by atoms with E-state index in [0.717, 1.165) is 22.4 Å². The maximum Gasteiger partial charge on any atom is 0.240 e. The van der Waals surface area contributed by atoms with Crippen LogP contribution in [0.15, 0.2) is 53.1 Å². The maximum absolute atomic E-state index is 12.0. The highest BCUT2D eigenvalue weighted by molar-refractivity contribution is 5.93. The Labute approximate surface area is 179 Å². The van der Waals surface area contributed by atoms with Gasteiger partial charge in [0.1, 0.15) is 0 Å². The van der Waals surface area contributed by atoms with Crippen molar-refractivity contribution < 1.29 is 9.59 Å². The van der Waals surface area contributed by atoms with E-state index in [1.54, 1.807) is 6.21 Å². The Morgan fingerprint density at radius 1 is 0.967 bits per heavy atom. The van der Waals surface area contributed by atoms with Gasteiger partial charge in [0, 0.05) is 18.5 Å². The predicted molar refractivity (Wildman–Crippen MR) is 125 cm³/mol. The Kier molecular flexibility index (Phi) is 8.54. The monoisotopic (exact) mass is 405 g/mol. The van der Waals surface area contributed by atoms with Crippen LogP contribution in [0.25, 0.3) is 6.08 Å². The number of nitrogens with zero attached hydrogens (tertiary/aromatic N) is 1. The van der Waals surface area contributed by atoms with Gasteiger partial charge in [0.2, 0.25) is 11.8 Å². The third kappa shape index (κ3) is 7.66. The Bertz CT molecular complexity index is 941. The smallest absolute Gasteiger partial charge is 0.240 e. The molecule has 0 aromatic heterocycles. The van der Waals surface area contributed by atoms with Crippen LogP contribution in [0.2, 0.25) is 0 Å². The van der Waals surface area contributed by atoms with E-state index in [4.69, 9.17) is 0 Å². The third-order valence-corrected chi connectivity index (χ3v) is 4.82. The molecule has 0 unspecified atom stereocenters. The van der Waals surface area contributed by atoms with Crippen molar-refractivity contribution in [2.24, 2.45) is 5.10 Å². The van der Waals surface area contributed by atoms with Gasteiger partial charge < -0.3 is 5.32 Å². The van der Waals surface area contributed by atoms with Gasteiger partial charge in [-0.2, -0.15) is 5.10 Å². The molecule has 0 heterocycles. The van der Waals surface area contributed by atoms with E-state index in [9.17, 15) is 9.59 Å². The number of rotatable bonds is 8. The normalized spacial score (nSPS) is 11.7. The van der Waals surface area contributed by atoms with Crippen molar-refractivity contribution in [3.8, 4) is 0 Å². The Balaban J connectivity index is 1.76. The van der Waals surface area contributed by atoms with Crippen molar-refractivity contribution in [1.29, 1.82) is 0 Å². The Morgan fingerprint density at radius 2 is 1.63 bits per heavy atom. The van der Waals surface area contributed by atoms with Gasteiger partial charge in [0.05, 0.1) is 6.21 Å². The SMILES string of the molecule is CC(/C=N/NC(=O)CCC(=O)Nc1ccc(C)c(C)c1)=C\c1ccc(C(C)C)cc1. The first-order chi connectivity index (χ1) is 14.2. The summed E-state index contributed by atoms with van der Waals surface area (Å²) in [6, 6.07) is 14.1. The van der Waals surface area contributed by atoms with Crippen LogP contribution in [-0.4, -0.2) is 18.0 Å². The Hall–Kier alpha value is -3.21. The molecular weight excluding hydrogens is 374 g/mol. The number of benzene rings is 2. The topological polar surface area (TPSA) is 70.6 Å². The number of hydrogen-bond donors (Lipinski definition) is 2. The van der Waals surface area contributed by atoms with Crippen molar-refractivity contribution in [2.75, 3.05) is 5.32 Å². The van der Waals surface area contributed by atoms with Crippen LogP contribution < -0.4 is 10.7 Å². The van der Waals surface area contributed by atoms with E-state index in [1.165, 1.54) is 11.1 Å². The minimum atomic E-state index is -0.296. The molecule has 2 amide bonds. The molecule has 0 saturated carbocycles. The van der Waals surface area contributed by atoms with Crippen molar-refractivity contribution in [3.05, 3.63) is 70.3 Å². The van der Waals surface area contributed by atoms with E-state index < -0.39 is 0 Å². The minimum Gasteiger partial charge on any atom is -0.326 e. The van der Waals surface area contributed by atoms with Gasteiger partial charge in [0.25, 0.3) is 0 Å². The Morgan fingerprint density at radius 3 is 2.27 bits per heavy atom. The van der Waals surface area contributed by atoms with Crippen LogP contribution in [0.4, 0.5) is 5.69 Å². The molecule has 0 atom stereocenters. The van der Waals surface area contributed by atoms with Crippen LogP contribution in [0.3, 0.4) is 0 Å². The fraction of sp³-hybridized carbons (Fsp3) is 0.320. The lowest BCUT2D eigenvalue weighted by Crippen LogP contribution is -2.20. The van der Waals surface area contributed by atoms with Crippen molar-refractivity contribution in [2.45, 2.75) is 53.4 Å². The van der Waals surface area contributed by atoms with E-state index in [1.807, 2.05) is 45.0 Å². The zero-order chi connectivity index (χ0) is 22.1. The van der Waals surface area contributed by atoms with Gasteiger partial charge in [0.15, 0.2) is 0 Å². The molecule has 158 valence electrons. The van der Waals surface area contributed by atoms with Crippen LogP contribution in [0, 0.1) is 13.8 Å². The molecule has 30 heavy (non-hydrogen) atoms. The third-order valence-electron chi connectivity index (χ3n) is 4.82. The fourth-order valence-corrected chi connectivity index (χ4v) is 2.81. The number of carbonyl (C=O) groups is 2. The van der Waals surface area contributed by atoms with Crippen LogP contribution >= 0.6 is 0 Å². The summed E-state index contributed by atoms with van der Waals surface area (Å²) in [5, 5.41) is 6.78. The zero-order valence-corrected chi connectivity index (χ0v) is 18.5. The van der Waals surface area contributed by atoms with E-state index in [2.05, 4.69) is 54.0 Å². The second-order valence-electron chi connectivity index (χ2n) is 7.85. The first-order valence-corrected chi connectivity index (χ1v) is 10.2. The summed E-state index contributed by atoms with van der Waals surface area (Å²) in [4.78, 5) is 23.9. The lowest BCUT2D eigenvalue weighted by molar-refractivity contribution is -0.124. The van der Waals surface area contributed by atoms with Crippen molar-refractivity contribution in [1.82, 2.24) is 5.43 Å². The first-order valence-electron chi connectivity index (χ1n) is 10.2. The molecule has 2 rings (SSSR count). The number of carbonyl (C=O) groups excluding carboxylic acids is 2. The molecule has 0 aliphatic carbocycles. The highest BCUT2D eigenvalue weighted by Gasteiger charge is 2.07. The highest BCUT2D eigenvalue weighted by Crippen LogP contribution is 2.16. The summed E-state index contributed by atoms with van der Waals surface area (Å²) in [6.07, 6.45) is 3.78. The standard InChI is InChI=1S/C25H31N3O2/c1-17(2)22-9-7-21(8-10-22)14-18(3)16-26-28-25(30)13-12-24(29)27-23-11-6-19(4)20(5)15-23/h6-11,14-17H,12-13H2,1-5H3,(H,27,29)(H,28,30)/b18-14+,26-16+. The average Bonchev–Trinajstić information content (AvgIpc) is 2.69. The van der Waals surface area contributed by atoms with Gasteiger partial charge in [-0.1, -0.05) is 50.3 Å². The number of hydrogen-bond acceptors (Lipinski definition) is 3. The van der Waals surface area contributed by atoms with Crippen molar-refractivity contribution >= 4 is 29.8 Å². The summed E-state index contributed by atoms with van der Waals surface area (Å²) < 4.78 is 0. The van der Waals surface area contributed by atoms with Gasteiger partial charge in [-0.3, -0.25) is 9.59 Å². The molecule has 0 bridgehead atoms. The van der Waals surface area contributed by atoms with Crippen LogP contribution in [0.1, 0.15) is 61.8 Å². The quantitative estimate of drug-likeness (QED) is 0.459. The van der Waals surface area contributed by atoms with Gasteiger partial charge in [-0.05, 0) is 66.6 Å². The molecule has 0 aliphatic rings. The predicted octanol–water partition coefficient (Wildman–Crippen LogP) is 5.35. The van der Waals surface area contributed by atoms with Gasteiger partial charge >= 0.3 is 0 Å². The molecule has 5 nitrogen and oxygen atoms in total. The van der Waals surface area contributed by atoms with E-state index >= 15 is 0 Å². The van der Waals surface area contributed by atoms with Crippen molar-refractivity contribution in [3.63, 3.8) is 0 Å². The zero-order valence-electron chi connectivity index (χ0n) is 18.5. The van der Waals surface area contributed by atoms with Crippen LogP contribution in [0.5, 0.6) is 0 Å². The van der Waals surface area contributed by atoms with Gasteiger partial charge in [-0.25, -0.2) is 5.43 Å². The molecule has 0 spiro atoms. The number of allylic oxidation sites excluding steroid dienone is 1. The molecule has 0 radical (unpaired) electrons. The van der Waals surface area contributed by atoms with Crippen LogP contribution in [-0.2, 0) is 9.59 Å². The number of aryl methyl sites for hydroxylation is 2. The molecule has 2 N–H and O–H groups in total. The number of hydrazone groups is 1. The number of anilines is 1. The largest absolute Gasteiger partial charge is 0.326 e. The number of nitrogens with one attached hydrogen (secondary N) is 2. The molecule has 0 aliphatic heterocycles. The second-order valence-corrected chi connectivity index (χ2v) is 7.85. The lowest BCUT2D eigenvalue weighted by atomic mass is 10.0. The van der Waals surface area contributed by atoms with Gasteiger partial charge in [-0.15, -0.1) is 0 Å². The second kappa shape index (κ2) is 11.1. The maximum atomic E-state index is 12.0. The molecule has 0 saturated heterocycles. The molecular formula is C25H31N3O2. The summed E-state index contributed by atoms with van der Waals surface area (Å²) in [5.41, 5.74) is 8.78. The summed E-state index contributed by atoms with van der Waals surface area (Å²) in [6.45, 7) is 10.3. The lowest BCUT2D eigenvalue weighted by Gasteiger charge is -2.07. The highest BCUT2D eigenvalue weighted by atomic mass is 16.2. The summed E-state index contributed by atoms with van der Waals surface area (Å²) >= 11 is 0. The minimum absolute atomic E-state index is 0.0768. The van der Waals surface area contributed by atoms with E-state index in [0.29, 0.717) is 5.92 Å². The average molecular weight is 406 g/mol. The van der Waals surface area contributed by atoms with E-state index in [-0.39, 0.29) is 24.7 Å². The number of amides is 2. The summed E-state index contributed by atoms with van der Waals surface area (Å²) in [5.74, 6) is 0.0119. The molecule has 2 aromatic carbocycles.